The van der Waals surface area contributed by atoms with E-state index in [1.165, 1.54) is 5.56 Å². The van der Waals surface area contributed by atoms with Crippen molar-refractivity contribution >= 4 is 17.5 Å². The van der Waals surface area contributed by atoms with E-state index in [1.807, 2.05) is 44.2 Å². The van der Waals surface area contributed by atoms with Crippen molar-refractivity contribution < 1.29 is 4.79 Å². The molecule has 6 nitrogen and oxygen atoms in total. The van der Waals surface area contributed by atoms with E-state index in [0.717, 1.165) is 29.1 Å². The molecule has 0 saturated heterocycles. The van der Waals surface area contributed by atoms with Crippen LogP contribution < -0.4 is 10.6 Å². The van der Waals surface area contributed by atoms with Crippen molar-refractivity contribution in [3.63, 3.8) is 0 Å². The number of anilines is 2. The number of nitrogens with one attached hydrogen (secondary N) is 2. The molecule has 6 heteroatoms. The smallest absolute Gasteiger partial charge is 0.270 e. The molecule has 0 atom stereocenters. The van der Waals surface area contributed by atoms with Crippen LogP contribution in [0.4, 0.5) is 11.6 Å². The Morgan fingerprint density at radius 3 is 2.67 bits per heavy atom. The number of aryl methyl sites for hydroxylation is 3. The Bertz CT molecular complexity index is 941. The number of carbonyl (C=O) groups excluding carboxylic acids is 1. The van der Waals surface area contributed by atoms with Crippen LogP contribution in [0.25, 0.3) is 0 Å². The van der Waals surface area contributed by atoms with Gasteiger partial charge < -0.3 is 10.6 Å². The van der Waals surface area contributed by atoms with Crippen LogP contribution in [0.3, 0.4) is 0 Å². The Kier molecular flexibility index (Phi) is 5.76. The first-order valence-electron chi connectivity index (χ1n) is 8.96. The average Bonchev–Trinajstić information content (AvgIpc) is 2.68. The maximum absolute atomic E-state index is 12.5. The number of aromatic nitrogens is 3. The monoisotopic (exact) mass is 361 g/mol. The first-order valence-corrected chi connectivity index (χ1v) is 8.96. The Hall–Kier alpha value is -3.28. The lowest BCUT2D eigenvalue weighted by molar-refractivity contribution is 0.0945. The number of benzene rings is 1. The van der Waals surface area contributed by atoms with E-state index in [9.17, 15) is 4.79 Å². The van der Waals surface area contributed by atoms with Gasteiger partial charge in [0.05, 0.1) is 12.2 Å². The number of carbonyl (C=O) groups is 1. The molecule has 3 rings (SSSR count). The molecule has 0 aliphatic rings. The predicted octanol–water partition coefficient (Wildman–Crippen LogP) is 3.72. The van der Waals surface area contributed by atoms with Gasteiger partial charge in [-0.2, -0.15) is 0 Å². The summed E-state index contributed by atoms with van der Waals surface area (Å²) in [6.07, 6.45) is 2.60. The average molecular weight is 361 g/mol. The largest absolute Gasteiger partial charge is 0.345 e. The number of rotatable bonds is 6. The van der Waals surface area contributed by atoms with Crippen molar-refractivity contribution in [1.82, 2.24) is 20.3 Å². The Labute approximate surface area is 159 Å². The highest BCUT2D eigenvalue weighted by Gasteiger charge is 2.12. The van der Waals surface area contributed by atoms with E-state index in [4.69, 9.17) is 0 Å². The number of hydrogen-bond acceptors (Lipinski definition) is 5. The lowest BCUT2D eigenvalue weighted by Gasteiger charge is -2.14. The Morgan fingerprint density at radius 2 is 1.93 bits per heavy atom. The summed E-state index contributed by atoms with van der Waals surface area (Å²) in [6, 6.07) is 13.4. The third kappa shape index (κ3) is 4.67. The van der Waals surface area contributed by atoms with Gasteiger partial charge in [-0.05, 0) is 49.6 Å². The molecule has 2 aromatic heterocycles. The zero-order valence-corrected chi connectivity index (χ0v) is 15.8. The van der Waals surface area contributed by atoms with Gasteiger partial charge in [-0.1, -0.05) is 31.2 Å². The maximum Gasteiger partial charge on any atom is 0.270 e. The van der Waals surface area contributed by atoms with Crippen LogP contribution in [0.5, 0.6) is 0 Å². The topological polar surface area (TPSA) is 79.8 Å². The summed E-state index contributed by atoms with van der Waals surface area (Å²) in [5.74, 6) is 0.164. The quantitative estimate of drug-likeness (QED) is 0.699. The molecule has 0 aliphatic carbocycles. The van der Waals surface area contributed by atoms with Crippen LogP contribution in [0, 0.1) is 13.8 Å². The van der Waals surface area contributed by atoms with E-state index < -0.39 is 0 Å². The standard InChI is InChI=1S/C21H23N5O/c1-4-16-9-7-8-14(2)19(16)26-21-24-15(3)12-18(25-21)20(27)23-13-17-10-5-6-11-22-17/h5-12H,4,13H2,1-3H3,(H,23,27)(H,24,25,26). The first-order chi connectivity index (χ1) is 13.1. The summed E-state index contributed by atoms with van der Waals surface area (Å²) in [5.41, 5.74) is 5.13. The van der Waals surface area contributed by atoms with Crippen LogP contribution >= 0.6 is 0 Å². The molecule has 0 aliphatic heterocycles. The normalized spacial score (nSPS) is 10.5. The zero-order valence-electron chi connectivity index (χ0n) is 15.8. The molecule has 2 heterocycles. The summed E-state index contributed by atoms with van der Waals surface area (Å²) in [5, 5.41) is 6.14. The number of nitrogens with zero attached hydrogens (tertiary/aromatic N) is 3. The Balaban J connectivity index is 1.79. The second-order valence-corrected chi connectivity index (χ2v) is 6.31. The van der Waals surface area contributed by atoms with Gasteiger partial charge in [0, 0.05) is 17.6 Å². The number of hydrogen-bond donors (Lipinski definition) is 2. The van der Waals surface area contributed by atoms with E-state index in [-0.39, 0.29) is 5.91 Å². The SMILES string of the molecule is CCc1cccc(C)c1Nc1nc(C)cc(C(=O)NCc2ccccn2)n1. The van der Waals surface area contributed by atoms with Gasteiger partial charge in [0.15, 0.2) is 0 Å². The second kappa shape index (κ2) is 8.40. The molecular weight excluding hydrogens is 338 g/mol. The van der Waals surface area contributed by atoms with E-state index in [2.05, 4.69) is 38.6 Å². The minimum atomic E-state index is -0.255. The van der Waals surface area contributed by atoms with E-state index >= 15 is 0 Å². The molecule has 0 saturated carbocycles. The van der Waals surface area contributed by atoms with Gasteiger partial charge in [-0.3, -0.25) is 9.78 Å². The maximum atomic E-state index is 12.5. The van der Waals surface area contributed by atoms with Crippen LogP contribution in [0.1, 0.15) is 39.9 Å². The molecule has 0 bridgehead atoms. The molecule has 1 aromatic carbocycles. The first kappa shape index (κ1) is 18.5. The van der Waals surface area contributed by atoms with Gasteiger partial charge in [-0.25, -0.2) is 9.97 Å². The van der Waals surface area contributed by atoms with Crippen LogP contribution in [-0.4, -0.2) is 20.9 Å². The molecule has 0 spiro atoms. The fraction of sp³-hybridized carbons (Fsp3) is 0.238. The van der Waals surface area contributed by atoms with Crippen molar-refractivity contribution in [3.8, 4) is 0 Å². The Morgan fingerprint density at radius 1 is 1.07 bits per heavy atom. The second-order valence-electron chi connectivity index (χ2n) is 6.31. The third-order valence-electron chi connectivity index (χ3n) is 4.22. The summed E-state index contributed by atoms with van der Waals surface area (Å²) in [7, 11) is 0. The molecular formula is C21H23N5O. The zero-order chi connectivity index (χ0) is 19.2. The van der Waals surface area contributed by atoms with Crippen molar-refractivity contribution in [2.45, 2.75) is 33.7 Å². The molecule has 138 valence electrons. The summed E-state index contributed by atoms with van der Waals surface area (Å²) >= 11 is 0. The van der Waals surface area contributed by atoms with Gasteiger partial charge in [0.2, 0.25) is 5.95 Å². The van der Waals surface area contributed by atoms with Crippen LogP contribution in [0.2, 0.25) is 0 Å². The third-order valence-corrected chi connectivity index (χ3v) is 4.22. The minimum absolute atomic E-state index is 0.255. The lowest BCUT2D eigenvalue weighted by Crippen LogP contribution is -2.25. The fourth-order valence-corrected chi connectivity index (χ4v) is 2.82. The molecule has 1 amide bonds. The highest BCUT2D eigenvalue weighted by atomic mass is 16.1. The van der Waals surface area contributed by atoms with Gasteiger partial charge in [0.25, 0.3) is 5.91 Å². The number of pyridine rings is 1. The van der Waals surface area contributed by atoms with Crippen LogP contribution in [-0.2, 0) is 13.0 Å². The molecule has 0 fully saturated rings. The molecule has 0 radical (unpaired) electrons. The van der Waals surface area contributed by atoms with Crippen molar-refractivity contribution in [3.05, 3.63) is 76.9 Å². The summed E-state index contributed by atoms with van der Waals surface area (Å²) in [6.45, 7) is 6.34. The highest BCUT2D eigenvalue weighted by molar-refractivity contribution is 5.92. The predicted molar refractivity (Wildman–Crippen MR) is 106 cm³/mol. The van der Waals surface area contributed by atoms with Gasteiger partial charge in [-0.15, -0.1) is 0 Å². The molecule has 3 aromatic rings. The van der Waals surface area contributed by atoms with Crippen molar-refractivity contribution in [2.24, 2.45) is 0 Å². The summed E-state index contributed by atoms with van der Waals surface area (Å²) in [4.78, 5) is 25.5. The van der Waals surface area contributed by atoms with E-state index in [1.54, 1.807) is 12.3 Å². The molecule has 2 N–H and O–H groups in total. The minimum Gasteiger partial charge on any atom is -0.345 e. The van der Waals surface area contributed by atoms with Gasteiger partial charge in [0.1, 0.15) is 5.69 Å². The van der Waals surface area contributed by atoms with Crippen LogP contribution in [0.15, 0.2) is 48.7 Å². The lowest BCUT2D eigenvalue weighted by atomic mass is 10.1. The highest BCUT2D eigenvalue weighted by Crippen LogP contribution is 2.24. The number of amides is 1. The van der Waals surface area contributed by atoms with E-state index in [0.29, 0.717) is 18.2 Å². The van der Waals surface area contributed by atoms with Crippen molar-refractivity contribution in [2.75, 3.05) is 5.32 Å². The van der Waals surface area contributed by atoms with Crippen molar-refractivity contribution in [1.29, 1.82) is 0 Å². The number of para-hydroxylation sites is 1. The molecule has 27 heavy (non-hydrogen) atoms. The summed E-state index contributed by atoms with van der Waals surface area (Å²) < 4.78 is 0. The van der Waals surface area contributed by atoms with Gasteiger partial charge >= 0.3 is 0 Å². The fourth-order valence-electron chi connectivity index (χ4n) is 2.82. The molecule has 0 unspecified atom stereocenters.